The standard InChI is InChI=1S/C15H17F2NO2/c1-9(2)14(19)11-4-3-7-18(15(11)20)13-6-5-10(16)8-12(13)17/h5-6,8-9,11H,3-4,7H2,1-2H3/t11-/m1/s1. The molecule has 0 aliphatic carbocycles. The summed E-state index contributed by atoms with van der Waals surface area (Å²) in [6, 6.07) is 3.10. The molecular formula is C15H17F2NO2. The van der Waals surface area contributed by atoms with Crippen molar-refractivity contribution >= 4 is 17.4 Å². The van der Waals surface area contributed by atoms with Crippen LogP contribution in [0, 0.1) is 23.5 Å². The number of ketones is 1. The molecule has 0 unspecified atom stereocenters. The Hall–Kier alpha value is -1.78. The second-order valence-corrected chi connectivity index (χ2v) is 5.34. The molecule has 1 atom stereocenters. The highest BCUT2D eigenvalue weighted by molar-refractivity contribution is 6.09. The molecule has 0 N–H and O–H groups in total. The molecule has 3 nitrogen and oxygen atoms in total. The predicted molar refractivity (Wildman–Crippen MR) is 71.3 cm³/mol. The van der Waals surface area contributed by atoms with Gasteiger partial charge in [0.2, 0.25) is 5.91 Å². The Labute approximate surface area is 116 Å². The van der Waals surface area contributed by atoms with Crippen LogP contribution in [-0.2, 0) is 9.59 Å². The SMILES string of the molecule is CC(C)C(=O)[C@H]1CCCN(c2ccc(F)cc2F)C1=O. The topological polar surface area (TPSA) is 37.4 Å². The number of amides is 1. The summed E-state index contributed by atoms with van der Waals surface area (Å²) in [6.45, 7) is 3.84. The molecule has 1 fully saturated rings. The third kappa shape index (κ3) is 2.71. The number of benzene rings is 1. The number of anilines is 1. The second-order valence-electron chi connectivity index (χ2n) is 5.34. The first-order valence-corrected chi connectivity index (χ1v) is 6.72. The maximum absolute atomic E-state index is 13.8. The molecule has 5 heteroatoms. The quantitative estimate of drug-likeness (QED) is 0.799. The molecule has 0 spiro atoms. The van der Waals surface area contributed by atoms with E-state index >= 15 is 0 Å². The fraction of sp³-hybridized carbons (Fsp3) is 0.467. The van der Waals surface area contributed by atoms with Crippen LogP contribution in [-0.4, -0.2) is 18.2 Å². The largest absolute Gasteiger partial charge is 0.309 e. The predicted octanol–water partition coefficient (Wildman–Crippen LogP) is 2.93. The highest BCUT2D eigenvalue weighted by Gasteiger charge is 2.36. The zero-order valence-corrected chi connectivity index (χ0v) is 11.5. The van der Waals surface area contributed by atoms with Crippen molar-refractivity contribution in [3.63, 3.8) is 0 Å². The van der Waals surface area contributed by atoms with Crippen molar-refractivity contribution in [3.05, 3.63) is 29.8 Å². The fourth-order valence-electron chi connectivity index (χ4n) is 2.48. The van der Waals surface area contributed by atoms with Crippen LogP contribution in [0.5, 0.6) is 0 Å². The van der Waals surface area contributed by atoms with E-state index in [1.165, 1.54) is 11.0 Å². The van der Waals surface area contributed by atoms with Crippen LogP contribution in [0.15, 0.2) is 18.2 Å². The minimum absolute atomic E-state index is 0.0395. The summed E-state index contributed by atoms with van der Waals surface area (Å²) in [5, 5.41) is 0. The number of halogens is 2. The van der Waals surface area contributed by atoms with Gasteiger partial charge in [-0.15, -0.1) is 0 Å². The molecule has 1 aliphatic rings. The smallest absolute Gasteiger partial charge is 0.237 e. The van der Waals surface area contributed by atoms with E-state index in [0.717, 1.165) is 12.1 Å². The van der Waals surface area contributed by atoms with Crippen LogP contribution < -0.4 is 4.90 Å². The van der Waals surface area contributed by atoms with Gasteiger partial charge in [0.15, 0.2) is 0 Å². The van der Waals surface area contributed by atoms with Crippen molar-refractivity contribution in [1.29, 1.82) is 0 Å². The average molecular weight is 281 g/mol. The van der Waals surface area contributed by atoms with Crippen LogP contribution in [0.4, 0.5) is 14.5 Å². The number of hydrogen-bond donors (Lipinski definition) is 0. The molecule has 1 aromatic carbocycles. The first-order chi connectivity index (χ1) is 9.41. The Morgan fingerprint density at radius 1 is 1.35 bits per heavy atom. The monoisotopic (exact) mass is 281 g/mol. The van der Waals surface area contributed by atoms with E-state index in [-0.39, 0.29) is 23.3 Å². The Kier molecular flexibility index (Phi) is 4.16. The Morgan fingerprint density at radius 3 is 2.65 bits per heavy atom. The summed E-state index contributed by atoms with van der Waals surface area (Å²) < 4.78 is 26.7. The zero-order valence-electron chi connectivity index (χ0n) is 11.5. The minimum atomic E-state index is -0.781. The molecule has 0 bridgehead atoms. The summed E-state index contributed by atoms with van der Waals surface area (Å²) in [5.74, 6) is -2.93. The molecule has 1 heterocycles. The Balaban J connectivity index is 2.28. The molecule has 20 heavy (non-hydrogen) atoms. The van der Waals surface area contributed by atoms with Gasteiger partial charge in [-0.1, -0.05) is 13.8 Å². The molecule has 0 radical (unpaired) electrons. The Bertz CT molecular complexity index is 543. The van der Waals surface area contributed by atoms with E-state index in [1.54, 1.807) is 13.8 Å². The molecule has 1 saturated heterocycles. The van der Waals surface area contributed by atoms with Gasteiger partial charge < -0.3 is 4.90 Å². The van der Waals surface area contributed by atoms with Gasteiger partial charge in [0.25, 0.3) is 0 Å². The number of carbonyl (C=O) groups is 2. The number of Topliss-reactive ketones (excluding diaryl/α,β-unsaturated/α-hetero) is 1. The van der Waals surface area contributed by atoms with Gasteiger partial charge >= 0.3 is 0 Å². The molecule has 2 rings (SSSR count). The van der Waals surface area contributed by atoms with Gasteiger partial charge in [-0.2, -0.15) is 0 Å². The van der Waals surface area contributed by atoms with Crippen molar-refractivity contribution in [3.8, 4) is 0 Å². The van der Waals surface area contributed by atoms with E-state index in [9.17, 15) is 18.4 Å². The van der Waals surface area contributed by atoms with Crippen LogP contribution in [0.3, 0.4) is 0 Å². The van der Waals surface area contributed by atoms with Crippen molar-refractivity contribution in [2.45, 2.75) is 26.7 Å². The van der Waals surface area contributed by atoms with Gasteiger partial charge in [0.1, 0.15) is 17.4 Å². The normalized spacial score (nSPS) is 19.6. The van der Waals surface area contributed by atoms with Crippen LogP contribution >= 0.6 is 0 Å². The number of carbonyl (C=O) groups excluding carboxylic acids is 2. The van der Waals surface area contributed by atoms with Gasteiger partial charge in [-0.05, 0) is 25.0 Å². The van der Waals surface area contributed by atoms with Crippen LogP contribution in [0.2, 0.25) is 0 Å². The third-order valence-corrected chi connectivity index (χ3v) is 3.55. The first-order valence-electron chi connectivity index (χ1n) is 6.72. The number of rotatable bonds is 3. The van der Waals surface area contributed by atoms with Gasteiger partial charge in [0.05, 0.1) is 11.6 Å². The second kappa shape index (κ2) is 5.69. The lowest BCUT2D eigenvalue weighted by molar-refractivity contribution is -0.135. The van der Waals surface area contributed by atoms with E-state index in [0.29, 0.717) is 19.4 Å². The van der Waals surface area contributed by atoms with Gasteiger partial charge in [0, 0.05) is 18.5 Å². The first kappa shape index (κ1) is 14.6. The zero-order chi connectivity index (χ0) is 14.9. The van der Waals surface area contributed by atoms with Gasteiger partial charge in [-0.25, -0.2) is 8.78 Å². The fourth-order valence-corrected chi connectivity index (χ4v) is 2.48. The Morgan fingerprint density at radius 2 is 2.05 bits per heavy atom. The highest BCUT2D eigenvalue weighted by atomic mass is 19.1. The van der Waals surface area contributed by atoms with Crippen molar-refractivity contribution in [2.24, 2.45) is 11.8 Å². The lowest BCUT2D eigenvalue weighted by Crippen LogP contribution is -2.45. The van der Waals surface area contributed by atoms with E-state index in [1.807, 2.05) is 0 Å². The van der Waals surface area contributed by atoms with E-state index in [4.69, 9.17) is 0 Å². The molecule has 0 aromatic heterocycles. The number of hydrogen-bond acceptors (Lipinski definition) is 2. The molecule has 0 saturated carbocycles. The van der Waals surface area contributed by atoms with Crippen molar-refractivity contribution in [2.75, 3.05) is 11.4 Å². The van der Waals surface area contributed by atoms with Crippen molar-refractivity contribution < 1.29 is 18.4 Å². The maximum Gasteiger partial charge on any atom is 0.237 e. The number of piperidine rings is 1. The summed E-state index contributed by atoms with van der Waals surface area (Å²) in [5.41, 5.74) is 0.0395. The van der Waals surface area contributed by atoms with Gasteiger partial charge in [-0.3, -0.25) is 9.59 Å². The molecule has 108 valence electrons. The van der Waals surface area contributed by atoms with Crippen molar-refractivity contribution in [1.82, 2.24) is 0 Å². The van der Waals surface area contributed by atoms with Crippen LogP contribution in [0.1, 0.15) is 26.7 Å². The van der Waals surface area contributed by atoms with E-state index < -0.39 is 17.6 Å². The molecule has 1 aromatic rings. The lowest BCUT2D eigenvalue weighted by atomic mass is 9.87. The maximum atomic E-state index is 13.8. The van der Waals surface area contributed by atoms with E-state index in [2.05, 4.69) is 0 Å². The highest BCUT2D eigenvalue weighted by Crippen LogP contribution is 2.28. The lowest BCUT2D eigenvalue weighted by Gasteiger charge is -2.32. The number of nitrogens with zero attached hydrogens (tertiary/aromatic N) is 1. The summed E-state index contributed by atoms with van der Waals surface area (Å²) in [7, 11) is 0. The molecule has 1 amide bonds. The van der Waals surface area contributed by atoms with Crippen LogP contribution in [0.25, 0.3) is 0 Å². The molecular weight excluding hydrogens is 264 g/mol. The average Bonchev–Trinajstić information content (AvgIpc) is 2.39. The summed E-state index contributed by atoms with van der Waals surface area (Å²) in [4.78, 5) is 25.6. The molecule has 1 aliphatic heterocycles. The summed E-state index contributed by atoms with van der Waals surface area (Å²) >= 11 is 0. The third-order valence-electron chi connectivity index (χ3n) is 3.55. The summed E-state index contributed by atoms with van der Waals surface area (Å²) in [6.07, 6.45) is 1.13. The minimum Gasteiger partial charge on any atom is -0.309 e.